The number of hydrogen-bond acceptors (Lipinski definition) is 3. The fourth-order valence-electron chi connectivity index (χ4n) is 1.91. The first-order valence-corrected chi connectivity index (χ1v) is 5.52. The third-order valence-electron chi connectivity index (χ3n) is 2.98. The van der Waals surface area contributed by atoms with Gasteiger partial charge in [0.15, 0.2) is 0 Å². The van der Waals surface area contributed by atoms with E-state index >= 15 is 0 Å². The van der Waals surface area contributed by atoms with Gasteiger partial charge in [-0.05, 0) is 30.5 Å². The van der Waals surface area contributed by atoms with E-state index in [2.05, 4.69) is 5.32 Å². The van der Waals surface area contributed by atoms with Crippen LogP contribution < -0.4 is 16.8 Å². The van der Waals surface area contributed by atoms with Crippen LogP contribution in [0.1, 0.15) is 30.5 Å². The molecule has 2 unspecified atom stereocenters. The quantitative estimate of drug-likeness (QED) is 0.691. The second-order valence-electron chi connectivity index (χ2n) is 4.35. The molecule has 0 radical (unpaired) electrons. The number of anilines is 1. The fourth-order valence-corrected chi connectivity index (χ4v) is 1.91. The number of benzene rings is 1. The Hall–Kier alpha value is -1.39. The van der Waals surface area contributed by atoms with Crippen molar-refractivity contribution >= 4 is 11.6 Å². The first kappa shape index (κ1) is 11.1. The summed E-state index contributed by atoms with van der Waals surface area (Å²) in [6.45, 7) is 1.89. The Kier molecular flexibility index (Phi) is 2.94. The average molecular weight is 219 g/mol. The van der Waals surface area contributed by atoms with Crippen LogP contribution in [0.5, 0.6) is 0 Å². The topological polar surface area (TPSA) is 81.1 Å². The van der Waals surface area contributed by atoms with E-state index in [4.69, 9.17) is 11.5 Å². The second-order valence-corrected chi connectivity index (χ2v) is 4.35. The predicted molar refractivity (Wildman–Crippen MR) is 64.0 cm³/mol. The molecule has 0 aliphatic carbocycles. The number of aryl methyl sites for hydroxylation is 1. The molecule has 2 atom stereocenters. The smallest absolute Gasteiger partial charge is 0.224 e. The van der Waals surface area contributed by atoms with Crippen molar-refractivity contribution in [3.05, 3.63) is 29.3 Å². The van der Waals surface area contributed by atoms with Crippen LogP contribution in [-0.2, 0) is 11.2 Å². The third-order valence-corrected chi connectivity index (χ3v) is 2.98. The molecule has 1 aromatic carbocycles. The van der Waals surface area contributed by atoms with E-state index in [-0.39, 0.29) is 18.0 Å². The van der Waals surface area contributed by atoms with Crippen molar-refractivity contribution < 1.29 is 4.79 Å². The molecule has 0 saturated heterocycles. The minimum atomic E-state index is -0.150. The second kappa shape index (κ2) is 4.23. The van der Waals surface area contributed by atoms with Crippen LogP contribution in [0, 0.1) is 0 Å². The SMILES string of the molecule is CC(N)C(N)c1ccc2c(c1)CCC(=O)N2. The Morgan fingerprint density at radius 3 is 2.75 bits per heavy atom. The van der Waals surface area contributed by atoms with E-state index in [0.717, 1.165) is 23.2 Å². The number of carbonyl (C=O) groups excluding carboxylic acids is 1. The van der Waals surface area contributed by atoms with Crippen LogP contribution in [0.4, 0.5) is 5.69 Å². The van der Waals surface area contributed by atoms with Crippen LogP contribution >= 0.6 is 0 Å². The summed E-state index contributed by atoms with van der Waals surface area (Å²) in [5.74, 6) is 0.0803. The molecule has 16 heavy (non-hydrogen) atoms. The Bertz CT molecular complexity index is 415. The molecule has 1 aromatic rings. The highest BCUT2D eigenvalue weighted by molar-refractivity contribution is 5.93. The molecule has 0 aromatic heterocycles. The molecule has 1 heterocycles. The Morgan fingerprint density at radius 2 is 2.06 bits per heavy atom. The van der Waals surface area contributed by atoms with Gasteiger partial charge in [0.1, 0.15) is 0 Å². The van der Waals surface area contributed by atoms with Gasteiger partial charge < -0.3 is 16.8 Å². The lowest BCUT2D eigenvalue weighted by Crippen LogP contribution is -2.31. The molecule has 1 aliphatic rings. The zero-order valence-corrected chi connectivity index (χ0v) is 9.36. The Labute approximate surface area is 95.0 Å². The van der Waals surface area contributed by atoms with Gasteiger partial charge in [0.25, 0.3) is 0 Å². The van der Waals surface area contributed by atoms with Crippen molar-refractivity contribution in [3.8, 4) is 0 Å². The van der Waals surface area contributed by atoms with E-state index in [1.54, 1.807) is 0 Å². The van der Waals surface area contributed by atoms with E-state index in [0.29, 0.717) is 6.42 Å². The van der Waals surface area contributed by atoms with Crippen LogP contribution in [0.15, 0.2) is 18.2 Å². The molecule has 4 nitrogen and oxygen atoms in total. The van der Waals surface area contributed by atoms with E-state index in [1.165, 1.54) is 0 Å². The number of amides is 1. The summed E-state index contributed by atoms with van der Waals surface area (Å²) in [5.41, 5.74) is 14.8. The number of nitrogens with two attached hydrogens (primary N) is 2. The van der Waals surface area contributed by atoms with Crippen molar-refractivity contribution in [2.45, 2.75) is 31.8 Å². The van der Waals surface area contributed by atoms with Gasteiger partial charge in [0, 0.05) is 24.2 Å². The Morgan fingerprint density at radius 1 is 1.31 bits per heavy atom. The van der Waals surface area contributed by atoms with Crippen LogP contribution in [0.3, 0.4) is 0 Å². The average Bonchev–Trinajstić information content (AvgIpc) is 2.27. The molecule has 4 heteroatoms. The molecule has 0 fully saturated rings. The molecule has 1 amide bonds. The predicted octanol–water partition coefficient (Wildman–Crippen LogP) is 0.918. The maximum absolute atomic E-state index is 11.2. The van der Waals surface area contributed by atoms with Gasteiger partial charge in [0.05, 0.1) is 0 Å². The van der Waals surface area contributed by atoms with Crippen molar-refractivity contribution in [2.75, 3.05) is 5.32 Å². The maximum atomic E-state index is 11.2. The van der Waals surface area contributed by atoms with Gasteiger partial charge >= 0.3 is 0 Å². The van der Waals surface area contributed by atoms with Gasteiger partial charge in [-0.15, -0.1) is 0 Å². The molecule has 2 rings (SSSR count). The monoisotopic (exact) mass is 219 g/mol. The summed E-state index contributed by atoms with van der Waals surface area (Å²) in [6.07, 6.45) is 1.32. The highest BCUT2D eigenvalue weighted by Gasteiger charge is 2.17. The summed E-state index contributed by atoms with van der Waals surface area (Å²) in [7, 11) is 0. The summed E-state index contributed by atoms with van der Waals surface area (Å²) >= 11 is 0. The molecule has 0 spiro atoms. The fraction of sp³-hybridized carbons (Fsp3) is 0.417. The normalized spacial score (nSPS) is 18.6. The summed E-state index contributed by atoms with van der Waals surface area (Å²) in [5, 5.41) is 2.84. The summed E-state index contributed by atoms with van der Waals surface area (Å²) in [4.78, 5) is 11.2. The first-order chi connectivity index (χ1) is 7.58. The zero-order chi connectivity index (χ0) is 11.7. The lowest BCUT2D eigenvalue weighted by molar-refractivity contribution is -0.116. The number of nitrogens with one attached hydrogen (secondary N) is 1. The van der Waals surface area contributed by atoms with Gasteiger partial charge in [-0.1, -0.05) is 12.1 Å². The summed E-state index contributed by atoms with van der Waals surface area (Å²) < 4.78 is 0. The van der Waals surface area contributed by atoms with Crippen molar-refractivity contribution in [2.24, 2.45) is 11.5 Å². The minimum Gasteiger partial charge on any atom is -0.326 e. The van der Waals surface area contributed by atoms with Crippen LogP contribution in [0.2, 0.25) is 0 Å². The van der Waals surface area contributed by atoms with E-state index in [1.807, 2.05) is 25.1 Å². The van der Waals surface area contributed by atoms with Gasteiger partial charge in [0.2, 0.25) is 5.91 Å². The molecule has 86 valence electrons. The third kappa shape index (κ3) is 2.08. The number of carbonyl (C=O) groups is 1. The van der Waals surface area contributed by atoms with Crippen LogP contribution in [0.25, 0.3) is 0 Å². The molecule has 1 aliphatic heterocycles. The van der Waals surface area contributed by atoms with Gasteiger partial charge in [-0.2, -0.15) is 0 Å². The highest BCUT2D eigenvalue weighted by atomic mass is 16.1. The van der Waals surface area contributed by atoms with Gasteiger partial charge in [-0.25, -0.2) is 0 Å². The standard InChI is InChI=1S/C12H17N3O/c1-7(13)12(14)9-2-4-10-8(6-9)3-5-11(16)15-10/h2,4,6-7,12H,3,5,13-14H2,1H3,(H,15,16). The first-order valence-electron chi connectivity index (χ1n) is 5.52. The molecule has 5 N–H and O–H groups in total. The van der Waals surface area contributed by atoms with Crippen molar-refractivity contribution in [1.82, 2.24) is 0 Å². The van der Waals surface area contributed by atoms with E-state index in [9.17, 15) is 4.79 Å². The lowest BCUT2D eigenvalue weighted by Gasteiger charge is -2.21. The summed E-state index contributed by atoms with van der Waals surface area (Å²) in [6, 6.07) is 5.66. The highest BCUT2D eigenvalue weighted by Crippen LogP contribution is 2.26. The zero-order valence-electron chi connectivity index (χ0n) is 9.36. The molecular weight excluding hydrogens is 202 g/mol. The largest absolute Gasteiger partial charge is 0.326 e. The van der Waals surface area contributed by atoms with Crippen LogP contribution in [-0.4, -0.2) is 11.9 Å². The Balaban J connectivity index is 2.29. The number of fused-ring (bicyclic) bond motifs is 1. The maximum Gasteiger partial charge on any atom is 0.224 e. The van der Waals surface area contributed by atoms with Crippen molar-refractivity contribution in [3.63, 3.8) is 0 Å². The van der Waals surface area contributed by atoms with Gasteiger partial charge in [-0.3, -0.25) is 4.79 Å². The molecular formula is C12H17N3O. The minimum absolute atomic E-state index is 0.0729. The number of hydrogen-bond donors (Lipinski definition) is 3. The molecule has 0 bridgehead atoms. The van der Waals surface area contributed by atoms with E-state index < -0.39 is 0 Å². The lowest BCUT2D eigenvalue weighted by atomic mass is 9.95. The molecule has 0 saturated carbocycles. The number of rotatable bonds is 2. The van der Waals surface area contributed by atoms with Crippen molar-refractivity contribution in [1.29, 1.82) is 0 Å².